The summed E-state index contributed by atoms with van der Waals surface area (Å²) in [6.07, 6.45) is 2.55. The summed E-state index contributed by atoms with van der Waals surface area (Å²) in [7, 11) is 0. The number of benzene rings is 1. The Bertz CT molecular complexity index is 522. The van der Waals surface area contributed by atoms with Crippen LogP contribution in [0.15, 0.2) is 18.2 Å². The van der Waals surface area contributed by atoms with Crippen LogP contribution in [-0.4, -0.2) is 11.8 Å². The lowest BCUT2D eigenvalue weighted by molar-refractivity contribution is -0.122. The van der Waals surface area contributed by atoms with E-state index in [0.717, 1.165) is 19.3 Å². The van der Waals surface area contributed by atoms with Gasteiger partial charge in [-0.3, -0.25) is 9.59 Å². The van der Waals surface area contributed by atoms with Gasteiger partial charge in [0.1, 0.15) is 0 Å². The number of imide groups is 1. The largest absolute Gasteiger partial charge is 0.397 e. The second-order valence-corrected chi connectivity index (χ2v) is 5.30. The molecule has 1 aromatic rings. The highest BCUT2D eigenvalue weighted by Crippen LogP contribution is 2.43. The highest BCUT2D eigenvalue weighted by molar-refractivity contribution is 6.31. The smallest absolute Gasteiger partial charge is 0.237 e. The number of fused-ring (bicyclic) bond motifs is 1. The third-order valence-corrected chi connectivity index (χ3v) is 4.06. The Balaban J connectivity index is 2.05. The molecule has 2 N–H and O–H groups in total. The van der Waals surface area contributed by atoms with Gasteiger partial charge < -0.3 is 5.73 Å². The Hall–Kier alpha value is -1.55. The molecule has 1 heterocycles. The first-order valence-corrected chi connectivity index (χ1v) is 6.40. The Morgan fingerprint density at radius 2 is 1.78 bits per heavy atom. The molecule has 94 valence electrons. The lowest BCUT2D eigenvalue weighted by atomic mass is 10.00. The van der Waals surface area contributed by atoms with E-state index in [0.29, 0.717) is 16.4 Å². The minimum absolute atomic E-state index is 0.128. The van der Waals surface area contributed by atoms with Gasteiger partial charge in [-0.25, -0.2) is 4.90 Å². The highest BCUT2D eigenvalue weighted by Gasteiger charge is 2.50. The standard InChI is InChI=1S/C13H13ClN2O2/c14-7-4-5-10(15)11(6-7)16-12(17)8-2-1-3-9(8)13(16)18/h4-6,8-9H,1-3,15H2. The van der Waals surface area contributed by atoms with Crippen LogP contribution >= 0.6 is 11.6 Å². The lowest BCUT2D eigenvalue weighted by Crippen LogP contribution is -2.32. The molecule has 2 atom stereocenters. The molecule has 5 heteroatoms. The summed E-state index contributed by atoms with van der Waals surface area (Å²) in [5.74, 6) is -0.570. The molecular weight excluding hydrogens is 252 g/mol. The minimum atomic E-state index is -0.157. The predicted octanol–water partition coefficient (Wildman–Crippen LogP) is 2.21. The normalized spacial score (nSPS) is 26.8. The maximum atomic E-state index is 12.3. The molecule has 3 rings (SSSR count). The van der Waals surface area contributed by atoms with E-state index in [1.54, 1.807) is 18.2 Å². The van der Waals surface area contributed by atoms with Gasteiger partial charge in [0.2, 0.25) is 11.8 Å². The zero-order chi connectivity index (χ0) is 12.9. The molecule has 2 amide bonds. The molecule has 0 spiro atoms. The van der Waals surface area contributed by atoms with Gasteiger partial charge in [-0.05, 0) is 31.0 Å². The number of anilines is 2. The second-order valence-electron chi connectivity index (χ2n) is 4.86. The average molecular weight is 265 g/mol. The molecule has 1 saturated heterocycles. The van der Waals surface area contributed by atoms with Crippen molar-refractivity contribution >= 4 is 34.8 Å². The number of carbonyl (C=O) groups excluding carboxylic acids is 2. The average Bonchev–Trinajstić information content (AvgIpc) is 2.89. The molecule has 0 aromatic heterocycles. The molecule has 18 heavy (non-hydrogen) atoms. The van der Waals surface area contributed by atoms with E-state index in [1.807, 2.05) is 0 Å². The van der Waals surface area contributed by atoms with Gasteiger partial charge in [-0.2, -0.15) is 0 Å². The van der Waals surface area contributed by atoms with Crippen molar-refractivity contribution in [1.82, 2.24) is 0 Å². The zero-order valence-corrected chi connectivity index (χ0v) is 10.5. The number of nitrogens with two attached hydrogens (primary N) is 1. The zero-order valence-electron chi connectivity index (χ0n) is 9.73. The van der Waals surface area contributed by atoms with E-state index >= 15 is 0 Å². The minimum Gasteiger partial charge on any atom is -0.397 e. The monoisotopic (exact) mass is 264 g/mol. The molecule has 2 unspecified atom stereocenters. The first kappa shape index (κ1) is 11.5. The fourth-order valence-electron chi connectivity index (χ4n) is 2.94. The maximum Gasteiger partial charge on any atom is 0.237 e. The van der Waals surface area contributed by atoms with Crippen LogP contribution in [0.1, 0.15) is 19.3 Å². The summed E-state index contributed by atoms with van der Waals surface area (Å²) in [4.78, 5) is 25.8. The van der Waals surface area contributed by atoms with E-state index in [9.17, 15) is 9.59 Å². The van der Waals surface area contributed by atoms with Gasteiger partial charge in [0.15, 0.2) is 0 Å². The summed E-state index contributed by atoms with van der Waals surface area (Å²) < 4.78 is 0. The van der Waals surface area contributed by atoms with E-state index in [-0.39, 0.29) is 23.7 Å². The van der Waals surface area contributed by atoms with Crippen molar-refractivity contribution in [2.75, 3.05) is 10.6 Å². The lowest BCUT2D eigenvalue weighted by Gasteiger charge is -2.18. The summed E-state index contributed by atoms with van der Waals surface area (Å²) in [5.41, 5.74) is 6.67. The topological polar surface area (TPSA) is 63.4 Å². The number of nitrogens with zero attached hydrogens (tertiary/aromatic N) is 1. The van der Waals surface area contributed by atoms with E-state index in [2.05, 4.69) is 0 Å². The fourth-order valence-corrected chi connectivity index (χ4v) is 3.11. The third-order valence-electron chi connectivity index (χ3n) is 3.82. The highest BCUT2D eigenvalue weighted by atomic mass is 35.5. The van der Waals surface area contributed by atoms with Gasteiger partial charge in [0, 0.05) is 5.02 Å². The van der Waals surface area contributed by atoms with Crippen LogP contribution in [0, 0.1) is 11.8 Å². The number of carbonyl (C=O) groups is 2. The molecule has 2 fully saturated rings. The van der Waals surface area contributed by atoms with Gasteiger partial charge in [0.25, 0.3) is 0 Å². The molecule has 1 aliphatic heterocycles. The first-order chi connectivity index (χ1) is 8.59. The Morgan fingerprint density at radius 1 is 1.17 bits per heavy atom. The number of halogens is 1. The molecule has 4 nitrogen and oxygen atoms in total. The Kier molecular flexibility index (Phi) is 2.55. The van der Waals surface area contributed by atoms with Crippen molar-refractivity contribution in [1.29, 1.82) is 0 Å². The number of nitrogen functional groups attached to an aromatic ring is 1. The van der Waals surface area contributed by atoms with Crippen LogP contribution in [0.5, 0.6) is 0 Å². The van der Waals surface area contributed by atoms with E-state index in [1.165, 1.54) is 4.90 Å². The van der Waals surface area contributed by atoms with Gasteiger partial charge >= 0.3 is 0 Å². The van der Waals surface area contributed by atoms with Crippen molar-refractivity contribution in [3.63, 3.8) is 0 Å². The van der Waals surface area contributed by atoms with Crippen molar-refractivity contribution in [2.45, 2.75) is 19.3 Å². The number of hydrogen-bond acceptors (Lipinski definition) is 3. The van der Waals surface area contributed by atoms with Crippen LogP contribution in [-0.2, 0) is 9.59 Å². The van der Waals surface area contributed by atoms with E-state index < -0.39 is 0 Å². The molecule has 1 aliphatic carbocycles. The molecule has 1 saturated carbocycles. The predicted molar refractivity (Wildman–Crippen MR) is 69.2 cm³/mol. The second kappa shape index (κ2) is 3.99. The summed E-state index contributed by atoms with van der Waals surface area (Å²) in [6.45, 7) is 0. The third kappa shape index (κ3) is 1.52. The Morgan fingerprint density at radius 3 is 2.39 bits per heavy atom. The number of hydrogen-bond donors (Lipinski definition) is 1. The number of amides is 2. The fraction of sp³-hybridized carbons (Fsp3) is 0.385. The quantitative estimate of drug-likeness (QED) is 0.625. The van der Waals surface area contributed by atoms with Crippen LogP contribution < -0.4 is 10.6 Å². The number of rotatable bonds is 1. The Labute approximate surface area is 110 Å². The molecular formula is C13H13ClN2O2. The maximum absolute atomic E-state index is 12.3. The van der Waals surface area contributed by atoms with Gasteiger partial charge in [0.05, 0.1) is 23.2 Å². The summed E-state index contributed by atoms with van der Waals surface area (Å²) in [6, 6.07) is 4.84. The van der Waals surface area contributed by atoms with Crippen molar-refractivity contribution in [3.05, 3.63) is 23.2 Å². The van der Waals surface area contributed by atoms with Crippen LogP contribution in [0.4, 0.5) is 11.4 Å². The molecule has 0 bridgehead atoms. The van der Waals surface area contributed by atoms with Gasteiger partial charge in [-0.15, -0.1) is 0 Å². The molecule has 0 radical (unpaired) electrons. The summed E-state index contributed by atoms with van der Waals surface area (Å²) in [5, 5.41) is 0.469. The van der Waals surface area contributed by atoms with Crippen molar-refractivity contribution in [3.8, 4) is 0 Å². The van der Waals surface area contributed by atoms with E-state index in [4.69, 9.17) is 17.3 Å². The van der Waals surface area contributed by atoms with Crippen molar-refractivity contribution < 1.29 is 9.59 Å². The summed E-state index contributed by atoms with van der Waals surface area (Å²) >= 11 is 5.91. The van der Waals surface area contributed by atoms with Crippen LogP contribution in [0.25, 0.3) is 0 Å². The molecule has 1 aromatic carbocycles. The van der Waals surface area contributed by atoms with Crippen molar-refractivity contribution in [2.24, 2.45) is 11.8 Å². The first-order valence-electron chi connectivity index (χ1n) is 6.02. The van der Waals surface area contributed by atoms with Gasteiger partial charge in [-0.1, -0.05) is 18.0 Å². The SMILES string of the molecule is Nc1ccc(Cl)cc1N1C(=O)C2CCCC2C1=O. The van der Waals surface area contributed by atoms with Crippen LogP contribution in [0.3, 0.4) is 0 Å². The van der Waals surface area contributed by atoms with Crippen LogP contribution in [0.2, 0.25) is 5.02 Å². The molecule has 2 aliphatic rings.